The molecule has 3 aromatic rings. The molecule has 1 aromatic heterocycles. The summed E-state index contributed by atoms with van der Waals surface area (Å²) in [6, 6.07) is 16.1. The molecule has 1 N–H and O–H groups in total. The first-order valence-electron chi connectivity index (χ1n) is 7.60. The number of hydrogen-bond acceptors (Lipinski definition) is 3. The molecule has 0 atom stereocenters. The maximum atomic E-state index is 12.8. The van der Waals surface area contributed by atoms with E-state index in [9.17, 15) is 9.18 Å². The van der Waals surface area contributed by atoms with E-state index >= 15 is 0 Å². The number of ether oxygens (including phenoxy) is 1. The molecule has 3 rings (SSSR count). The highest BCUT2D eigenvalue weighted by Gasteiger charge is 2.11. The van der Waals surface area contributed by atoms with E-state index in [1.807, 2.05) is 12.1 Å². The highest BCUT2D eigenvalue weighted by molar-refractivity contribution is 6.30. The van der Waals surface area contributed by atoms with Crippen LogP contribution < -0.4 is 10.1 Å². The molecule has 0 fully saturated rings. The molecule has 0 bridgehead atoms. The van der Waals surface area contributed by atoms with Gasteiger partial charge >= 0.3 is 0 Å². The molecular formula is C19H15ClFNO3. The van der Waals surface area contributed by atoms with Gasteiger partial charge < -0.3 is 14.5 Å². The Morgan fingerprint density at radius 3 is 2.48 bits per heavy atom. The molecule has 0 saturated heterocycles. The molecule has 0 saturated carbocycles. The van der Waals surface area contributed by atoms with Crippen molar-refractivity contribution in [2.24, 2.45) is 0 Å². The van der Waals surface area contributed by atoms with E-state index < -0.39 is 0 Å². The molecular weight excluding hydrogens is 345 g/mol. The Morgan fingerprint density at radius 1 is 1.04 bits per heavy atom. The third-order valence-electron chi connectivity index (χ3n) is 3.45. The van der Waals surface area contributed by atoms with E-state index in [2.05, 4.69) is 5.32 Å². The number of carbonyl (C=O) groups excluding carboxylic acids is 1. The van der Waals surface area contributed by atoms with Crippen LogP contribution in [0.3, 0.4) is 0 Å². The van der Waals surface area contributed by atoms with Crippen molar-refractivity contribution < 1.29 is 18.3 Å². The van der Waals surface area contributed by atoms with Crippen molar-refractivity contribution in [2.75, 3.05) is 0 Å². The number of carbonyl (C=O) groups is 1. The summed E-state index contributed by atoms with van der Waals surface area (Å²) in [5, 5.41) is 3.42. The molecule has 1 heterocycles. The maximum absolute atomic E-state index is 12.8. The van der Waals surface area contributed by atoms with Gasteiger partial charge in [-0.05, 0) is 54.1 Å². The van der Waals surface area contributed by atoms with Gasteiger partial charge in [0, 0.05) is 11.6 Å². The average Bonchev–Trinajstić information content (AvgIpc) is 3.10. The second-order valence-corrected chi connectivity index (χ2v) is 5.75. The SMILES string of the molecule is O=C(NCc1ccc(Cl)cc1)c1ccc(COc2ccc(F)cc2)o1. The van der Waals surface area contributed by atoms with Gasteiger partial charge in [-0.3, -0.25) is 4.79 Å². The van der Waals surface area contributed by atoms with Gasteiger partial charge in [0.1, 0.15) is 23.9 Å². The summed E-state index contributed by atoms with van der Waals surface area (Å²) in [5.74, 6) is 0.576. The molecule has 25 heavy (non-hydrogen) atoms. The van der Waals surface area contributed by atoms with Gasteiger partial charge in [-0.25, -0.2) is 4.39 Å². The predicted octanol–water partition coefficient (Wildman–Crippen LogP) is 4.58. The van der Waals surface area contributed by atoms with Crippen LogP contribution in [0.1, 0.15) is 21.9 Å². The van der Waals surface area contributed by atoms with Crippen molar-refractivity contribution in [3.63, 3.8) is 0 Å². The number of nitrogens with one attached hydrogen (secondary N) is 1. The van der Waals surface area contributed by atoms with Gasteiger partial charge in [-0.15, -0.1) is 0 Å². The summed E-state index contributed by atoms with van der Waals surface area (Å²) in [5.41, 5.74) is 0.934. The number of rotatable bonds is 6. The molecule has 0 aliphatic carbocycles. The molecule has 1 amide bonds. The summed E-state index contributed by atoms with van der Waals surface area (Å²) >= 11 is 5.82. The Morgan fingerprint density at radius 2 is 1.76 bits per heavy atom. The van der Waals surface area contributed by atoms with Gasteiger partial charge in [0.15, 0.2) is 5.76 Å². The molecule has 0 unspecified atom stereocenters. The van der Waals surface area contributed by atoms with Gasteiger partial charge in [-0.1, -0.05) is 23.7 Å². The van der Waals surface area contributed by atoms with E-state index in [0.717, 1.165) is 5.56 Å². The first-order valence-corrected chi connectivity index (χ1v) is 7.98. The lowest BCUT2D eigenvalue weighted by Gasteiger charge is -2.05. The van der Waals surface area contributed by atoms with E-state index in [1.54, 1.807) is 24.3 Å². The third-order valence-corrected chi connectivity index (χ3v) is 3.70. The molecule has 0 aliphatic rings. The van der Waals surface area contributed by atoms with Crippen LogP contribution in [0, 0.1) is 5.82 Å². The van der Waals surface area contributed by atoms with Crippen molar-refractivity contribution in [1.82, 2.24) is 5.32 Å². The zero-order valence-electron chi connectivity index (χ0n) is 13.2. The minimum atomic E-state index is -0.329. The van der Waals surface area contributed by atoms with Crippen LogP contribution in [0.25, 0.3) is 0 Å². The zero-order valence-corrected chi connectivity index (χ0v) is 13.9. The largest absolute Gasteiger partial charge is 0.486 e. The lowest BCUT2D eigenvalue weighted by Crippen LogP contribution is -2.22. The zero-order chi connectivity index (χ0) is 17.6. The van der Waals surface area contributed by atoms with Crippen LogP contribution in [-0.4, -0.2) is 5.91 Å². The highest BCUT2D eigenvalue weighted by Crippen LogP contribution is 2.15. The first kappa shape index (κ1) is 17.0. The van der Waals surface area contributed by atoms with Crippen molar-refractivity contribution in [1.29, 1.82) is 0 Å². The number of benzene rings is 2. The molecule has 6 heteroatoms. The van der Waals surface area contributed by atoms with Crippen molar-refractivity contribution in [3.8, 4) is 5.75 Å². The Balaban J connectivity index is 1.52. The van der Waals surface area contributed by atoms with Crippen molar-refractivity contribution in [3.05, 3.63) is 88.6 Å². The number of halogens is 2. The van der Waals surface area contributed by atoms with Crippen LogP contribution in [0.4, 0.5) is 4.39 Å². The fourth-order valence-electron chi connectivity index (χ4n) is 2.13. The van der Waals surface area contributed by atoms with Gasteiger partial charge in [0.2, 0.25) is 0 Å². The van der Waals surface area contributed by atoms with Gasteiger partial charge in [0.25, 0.3) is 5.91 Å². The quantitative estimate of drug-likeness (QED) is 0.700. The summed E-state index contributed by atoms with van der Waals surface area (Å²) in [6.07, 6.45) is 0. The molecule has 0 spiro atoms. The van der Waals surface area contributed by atoms with Crippen LogP contribution in [0.2, 0.25) is 5.02 Å². The summed E-state index contributed by atoms with van der Waals surface area (Å²) in [4.78, 5) is 12.1. The third kappa shape index (κ3) is 4.84. The fraction of sp³-hybridized carbons (Fsp3) is 0.105. The summed E-state index contributed by atoms with van der Waals surface area (Å²) < 4.78 is 23.8. The van der Waals surface area contributed by atoms with Crippen molar-refractivity contribution >= 4 is 17.5 Å². The number of furan rings is 1. The van der Waals surface area contributed by atoms with Crippen LogP contribution in [0.5, 0.6) is 5.75 Å². The predicted molar refractivity (Wildman–Crippen MR) is 92.1 cm³/mol. The molecule has 4 nitrogen and oxygen atoms in total. The fourth-order valence-corrected chi connectivity index (χ4v) is 2.26. The molecule has 128 valence electrons. The normalized spacial score (nSPS) is 10.5. The minimum Gasteiger partial charge on any atom is -0.486 e. The van der Waals surface area contributed by atoms with E-state index in [0.29, 0.717) is 23.1 Å². The van der Waals surface area contributed by atoms with E-state index in [1.165, 1.54) is 24.3 Å². The lowest BCUT2D eigenvalue weighted by molar-refractivity contribution is 0.0919. The maximum Gasteiger partial charge on any atom is 0.287 e. The number of hydrogen-bond donors (Lipinski definition) is 1. The van der Waals surface area contributed by atoms with Gasteiger partial charge in [0.05, 0.1) is 0 Å². The second-order valence-electron chi connectivity index (χ2n) is 5.32. The highest BCUT2D eigenvalue weighted by atomic mass is 35.5. The minimum absolute atomic E-state index is 0.149. The van der Waals surface area contributed by atoms with E-state index in [-0.39, 0.29) is 24.1 Å². The molecule has 0 aliphatic heterocycles. The van der Waals surface area contributed by atoms with E-state index in [4.69, 9.17) is 20.8 Å². The van der Waals surface area contributed by atoms with Crippen LogP contribution >= 0.6 is 11.6 Å². The van der Waals surface area contributed by atoms with Gasteiger partial charge in [-0.2, -0.15) is 0 Å². The van der Waals surface area contributed by atoms with Crippen LogP contribution in [-0.2, 0) is 13.2 Å². The smallest absolute Gasteiger partial charge is 0.287 e. The Labute approximate surface area is 149 Å². The Hall–Kier alpha value is -2.79. The second kappa shape index (κ2) is 7.85. The monoisotopic (exact) mass is 359 g/mol. The average molecular weight is 360 g/mol. The summed E-state index contributed by atoms with van der Waals surface area (Å²) in [6.45, 7) is 0.522. The number of amides is 1. The first-order chi connectivity index (χ1) is 12.1. The Bertz CT molecular complexity index is 844. The molecule has 2 aromatic carbocycles. The topological polar surface area (TPSA) is 51.5 Å². The Kier molecular flexibility index (Phi) is 5.36. The standard InChI is InChI=1S/C19H15ClFNO3/c20-14-3-1-13(2-4-14)11-22-19(23)18-10-9-17(25-18)12-24-16-7-5-15(21)6-8-16/h1-10H,11-12H2,(H,22,23). The van der Waals surface area contributed by atoms with Crippen LogP contribution in [0.15, 0.2) is 65.1 Å². The lowest BCUT2D eigenvalue weighted by atomic mass is 10.2. The summed E-state index contributed by atoms with van der Waals surface area (Å²) in [7, 11) is 0. The molecule has 0 radical (unpaired) electrons. The van der Waals surface area contributed by atoms with Crippen molar-refractivity contribution in [2.45, 2.75) is 13.2 Å².